The van der Waals surface area contributed by atoms with Crippen molar-refractivity contribution < 1.29 is 9.52 Å². The van der Waals surface area contributed by atoms with E-state index >= 15 is 0 Å². The van der Waals surface area contributed by atoms with Gasteiger partial charge in [0.05, 0.1) is 12.6 Å². The first kappa shape index (κ1) is 11.2. The second kappa shape index (κ2) is 4.68. The van der Waals surface area contributed by atoms with Crippen molar-refractivity contribution in [3.8, 4) is 0 Å². The molecule has 2 unspecified atom stereocenters. The molecule has 1 aliphatic rings. The maximum atomic E-state index is 9.75. The SMILES string of the molecule is CC1C(O)CCCN1Cc1ccc(Br)o1. The van der Waals surface area contributed by atoms with E-state index in [4.69, 9.17) is 4.42 Å². The average Bonchev–Trinajstić information content (AvgIpc) is 2.59. The Bertz CT molecular complexity index is 326. The van der Waals surface area contributed by atoms with Crippen LogP contribution in [0.3, 0.4) is 0 Å². The van der Waals surface area contributed by atoms with Crippen LogP contribution in [-0.4, -0.2) is 28.7 Å². The lowest BCUT2D eigenvalue weighted by Gasteiger charge is -2.36. The predicted molar refractivity (Wildman–Crippen MR) is 61.5 cm³/mol. The molecule has 0 aromatic carbocycles. The quantitative estimate of drug-likeness (QED) is 0.899. The van der Waals surface area contributed by atoms with Crippen molar-refractivity contribution in [1.82, 2.24) is 4.90 Å². The first-order valence-corrected chi connectivity index (χ1v) is 6.12. The van der Waals surface area contributed by atoms with Crippen molar-refractivity contribution in [2.75, 3.05) is 6.54 Å². The molecule has 2 rings (SSSR count). The zero-order valence-electron chi connectivity index (χ0n) is 8.82. The summed E-state index contributed by atoms with van der Waals surface area (Å²) in [7, 11) is 0. The third-order valence-electron chi connectivity index (χ3n) is 3.07. The van der Waals surface area contributed by atoms with Crippen molar-refractivity contribution in [3.05, 3.63) is 22.6 Å². The summed E-state index contributed by atoms with van der Waals surface area (Å²) in [5.74, 6) is 0.947. The van der Waals surface area contributed by atoms with E-state index in [1.54, 1.807) is 0 Å². The molecule has 1 N–H and O–H groups in total. The van der Waals surface area contributed by atoms with Crippen LogP contribution < -0.4 is 0 Å². The Labute approximate surface area is 98.2 Å². The normalized spacial score (nSPS) is 28.2. The Morgan fingerprint density at radius 2 is 2.40 bits per heavy atom. The molecule has 1 saturated heterocycles. The molecular weight excluding hydrogens is 258 g/mol. The number of nitrogens with zero attached hydrogens (tertiary/aromatic N) is 1. The highest BCUT2D eigenvalue weighted by molar-refractivity contribution is 9.10. The topological polar surface area (TPSA) is 36.6 Å². The van der Waals surface area contributed by atoms with Crippen molar-refractivity contribution in [2.24, 2.45) is 0 Å². The average molecular weight is 274 g/mol. The fraction of sp³-hybridized carbons (Fsp3) is 0.636. The van der Waals surface area contributed by atoms with Crippen LogP contribution in [0, 0.1) is 0 Å². The van der Waals surface area contributed by atoms with E-state index in [1.165, 1.54) is 0 Å². The van der Waals surface area contributed by atoms with Gasteiger partial charge in [0, 0.05) is 6.04 Å². The molecule has 1 aromatic heterocycles. The van der Waals surface area contributed by atoms with E-state index < -0.39 is 0 Å². The molecule has 1 aromatic rings. The first-order chi connectivity index (χ1) is 7.16. The molecular formula is C11H16BrNO2. The highest BCUT2D eigenvalue weighted by atomic mass is 79.9. The standard InChI is InChI=1S/C11H16BrNO2/c1-8-10(14)3-2-6-13(8)7-9-4-5-11(12)15-9/h4-5,8,10,14H,2-3,6-7H2,1H3. The summed E-state index contributed by atoms with van der Waals surface area (Å²) in [6, 6.07) is 4.10. The zero-order valence-corrected chi connectivity index (χ0v) is 10.4. The summed E-state index contributed by atoms with van der Waals surface area (Å²) in [6.07, 6.45) is 1.78. The summed E-state index contributed by atoms with van der Waals surface area (Å²) >= 11 is 3.29. The fourth-order valence-corrected chi connectivity index (χ4v) is 2.39. The number of piperidine rings is 1. The van der Waals surface area contributed by atoms with Crippen LogP contribution in [0.4, 0.5) is 0 Å². The Hall–Kier alpha value is -0.320. The summed E-state index contributed by atoms with van der Waals surface area (Å²) in [5, 5.41) is 9.75. The van der Waals surface area contributed by atoms with Crippen molar-refractivity contribution in [2.45, 2.75) is 38.5 Å². The Balaban J connectivity index is 1.99. The van der Waals surface area contributed by atoms with E-state index in [0.717, 1.165) is 36.4 Å². The molecule has 3 nitrogen and oxygen atoms in total. The summed E-state index contributed by atoms with van der Waals surface area (Å²) in [5.41, 5.74) is 0. The number of furan rings is 1. The van der Waals surface area contributed by atoms with Gasteiger partial charge in [-0.1, -0.05) is 0 Å². The van der Waals surface area contributed by atoms with Crippen molar-refractivity contribution in [3.63, 3.8) is 0 Å². The van der Waals surface area contributed by atoms with Crippen LogP contribution >= 0.6 is 15.9 Å². The minimum atomic E-state index is -0.197. The van der Waals surface area contributed by atoms with Gasteiger partial charge >= 0.3 is 0 Å². The van der Waals surface area contributed by atoms with Crippen LogP contribution in [0.5, 0.6) is 0 Å². The molecule has 4 heteroatoms. The molecule has 0 aliphatic carbocycles. The highest BCUT2D eigenvalue weighted by Crippen LogP contribution is 2.22. The molecule has 2 heterocycles. The Morgan fingerprint density at radius 3 is 3.07 bits per heavy atom. The highest BCUT2D eigenvalue weighted by Gasteiger charge is 2.26. The van der Waals surface area contributed by atoms with Gasteiger partial charge in [-0.25, -0.2) is 0 Å². The maximum Gasteiger partial charge on any atom is 0.169 e. The molecule has 2 atom stereocenters. The Morgan fingerprint density at radius 1 is 1.60 bits per heavy atom. The van der Waals surface area contributed by atoms with Gasteiger partial charge < -0.3 is 9.52 Å². The van der Waals surface area contributed by atoms with Gasteiger partial charge in [0.25, 0.3) is 0 Å². The van der Waals surface area contributed by atoms with E-state index in [-0.39, 0.29) is 12.1 Å². The van der Waals surface area contributed by atoms with Crippen LogP contribution in [0.2, 0.25) is 0 Å². The molecule has 0 saturated carbocycles. The number of aliphatic hydroxyl groups is 1. The van der Waals surface area contributed by atoms with Gasteiger partial charge in [-0.05, 0) is 54.4 Å². The molecule has 1 fully saturated rings. The van der Waals surface area contributed by atoms with Crippen LogP contribution in [0.1, 0.15) is 25.5 Å². The largest absolute Gasteiger partial charge is 0.453 e. The smallest absolute Gasteiger partial charge is 0.169 e. The molecule has 15 heavy (non-hydrogen) atoms. The van der Waals surface area contributed by atoms with E-state index in [2.05, 4.69) is 27.8 Å². The summed E-state index contributed by atoms with van der Waals surface area (Å²) in [4.78, 5) is 2.26. The van der Waals surface area contributed by atoms with E-state index in [9.17, 15) is 5.11 Å². The van der Waals surface area contributed by atoms with Crippen molar-refractivity contribution >= 4 is 15.9 Å². The van der Waals surface area contributed by atoms with Gasteiger partial charge in [-0.2, -0.15) is 0 Å². The lowest BCUT2D eigenvalue weighted by Crippen LogP contribution is -2.45. The minimum absolute atomic E-state index is 0.197. The van der Waals surface area contributed by atoms with Gasteiger partial charge in [0.2, 0.25) is 0 Å². The minimum Gasteiger partial charge on any atom is -0.453 e. The lowest BCUT2D eigenvalue weighted by molar-refractivity contribution is 0.0125. The van der Waals surface area contributed by atoms with E-state index in [0.29, 0.717) is 0 Å². The number of halogens is 1. The van der Waals surface area contributed by atoms with Crippen LogP contribution in [0.15, 0.2) is 21.2 Å². The summed E-state index contributed by atoms with van der Waals surface area (Å²) in [6.45, 7) is 3.89. The third-order valence-corrected chi connectivity index (χ3v) is 3.49. The fourth-order valence-electron chi connectivity index (χ4n) is 2.05. The molecule has 0 radical (unpaired) electrons. The lowest BCUT2D eigenvalue weighted by atomic mass is 10.0. The van der Waals surface area contributed by atoms with Gasteiger partial charge in [-0.3, -0.25) is 4.90 Å². The zero-order chi connectivity index (χ0) is 10.8. The van der Waals surface area contributed by atoms with Gasteiger partial charge in [0.15, 0.2) is 4.67 Å². The Kier molecular flexibility index (Phi) is 3.49. The third kappa shape index (κ3) is 2.62. The van der Waals surface area contributed by atoms with E-state index in [1.807, 2.05) is 12.1 Å². The number of aliphatic hydroxyl groups excluding tert-OH is 1. The molecule has 0 spiro atoms. The van der Waals surface area contributed by atoms with Crippen LogP contribution in [-0.2, 0) is 6.54 Å². The van der Waals surface area contributed by atoms with Crippen molar-refractivity contribution in [1.29, 1.82) is 0 Å². The molecule has 1 aliphatic heterocycles. The second-order valence-electron chi connectivity index (χ2n) is 4.13. The predicted octanol–water partition coefficient (Wildman–Crippen LogP) is 2.39. The molecule has 0 amide bonds. The second-order valence-corrected chi connectivity index (χ2v) is 4.91. The number of hydrogen-bond donors (Lipinski definition) is 1. The monoisotopic (exact) mass is 273 g/mol. The van der Waals surface area contributed by atoms with Gasteiger partial charge in [0.1, 0.15) is 5.76 Å². The first-order valence-electron chi connectivity index (χ1n) is 5.33. The maximum absolute atomic E-state index is 9.75. The summed E-state index contributed by atoms with van der Waals surface area (Å²) < 4.78 is 6.23. The number of hydrogen-bond acceptors (Lipinski definition) is 3. The van der Waals surface area contributed by atoms with Gasteiger partial charge in [-0.15, -0.1) is 0 Å². The number of likely N-dealkylation sites (tertiary alicyclic amines) is 1. The molecule has 84 valence electrons. The number of rotatable bonds is 2. The van der Waals surface area contributed by atoms with Crippen LogP contribution in [0.25, 0.3) is 0 Å². The molecule has 0 bridgehead atoms.